The summed E-state index contributed by atoms with van der Waals surface area (Å²) >= 11 is 0. The zero-order valence-electron chi connectivity index (χ0n) is 13.6. The molecule has 0 saturated carbocycles. The molecule has 1 atom stereocenters. The summed E-state index contributed by atoms with van der Waals surface area (Å²) in [6, 6.07) is 1.85. The number of hydrogen-bond donors (Lipinski definition) is 1. The van der Waals surface area contributed by atoms with Gasteiger partial charge in [-0.15, -0.1) is 0 Å². The van der Waals surface area contributed by atoms with Crippen LogP contribution in [-0.2, 0) is 13.0 Å². The highest BCUT2D eigenvalue weighted by atomic mass is 16.2. The van der Waals surface area contributed by atoms with E-state index in [0.29, 0.717) is 24.6 Å². The summed E-state index contributed by atoms with van der Waals surface area (Å²) in [5.74, 6) is 0.203. The molecule has 2 aromatic heterocycles. The molecule has 0 aliphatic rings. The molecule has 1 amide bonds. The Bertz CT molecular complexity index is 621. The lowest BCUT2D eigenvalue weighted by Gasteiger charge is -2.13. The Labute approximate surface area is 131 Å². The fourth-order valence-electron chi connectivity index (χ4n) is 2.24. The lowest BCUT2D eigenvalue weighted by atomic mass is 10.1. The van der Waals surface area contributed by atoms with E-state index in [0.717, 1.165) is 11.4 Å². The molecule has 0 bridgehead atoms. The predicted molar refractivity (Wildman–Crippen MR) is 84.7 cm³/mol. The van der Waals surface area contributed by atoms with Crippen molar-refractivity contribution in [2.24, 2.45) is 0 Å². The van der Waals surface area contributed by atoms with Gasteiger partial charge in [-0.1, -0.05) is 13.8 Å². The first-order valence-corrected chi connectivity index (χ1v) is 7.64. The first kappa shape index (κ1) is 16.1. The summed E-state index contributed by atoms with van der Waals surface area (Å²) in [5, 5.41) is 7.48. The van der Waals surface area contributed by atoms with Gasteiger partial charge in [0, 0.05) is 37.6 Å². The zero-order chi connectivity index (χ0) is 16.1. The van der Waals surface area contributed by atoms with Gasteiger partial charge in [0.25, 0.3) is 5.91 Å². The molecule has 6 nitrogen and oxygen atoms in total. The Morgan fingerprint density at radius 3 is 2.68 bits per heavy atom. The van der Waals surface area contributed by atoms with Gasteiger partial charge in [-0.05, 0) is 25.8 Å². The van der Waals surface area contributed by atoms with Crippen LogP contribution >= 0.6 is 0 Å². The highest BCUT2D eigenvalue weighted by molar-refractivity contribution is 5.92. The van der Waals surface area contributed by atoms with Crippen LogP contribution in [0.3, 0.4) is 0 Å². The maximum Gasteiger partial charge on any atom is 0.269 e. The summed E-state index contributed by atoms with van der Waals surface area (Å²) in [6.45, 7) is 8.76. The third kappa shape index (κ3) is 3.90. The Kier molecular flexibility index (Phi) is 5.25. The van der Waals surface area contributed by atoms with Crippen molar-refractivity contribution in [2.45, 2.75) is 52.6 Å². The number of hydrogen-bond acceptors (Lipinski definition) is 4. The van der Waals surface area contributed by atoms with Crippen LogP contribution < -0.4 is 5.32 Å². The number of amides is 1. The van der Waals surface area contributed by atoms with Crippen molar-refractivity contribution in [3.05, 3.63) is 41.7 Å². The van der Waals surface area contributed by atoms with Gasteiger partial charge in [-0.2, -0.15) is 5.10 Å². The average molecular weight is 301 g/mol. The molecule has 0 saturated heterocycles. The molecule has 1 N–H and O–H groups in total. The Morgan fingerprint density at radius 1 is 1.32 bits per heavy atom. The summed E-state index contributed by atoms with van der Waals surface area (Å²) in [5.41, 5.74) is 2.41. The van der Waals surface area contributed by atoms with E-state index in [4.69, 9.17) is 0 Å². The van der Waals surface area contributed by atoms with Gasteiger partial charge in [-0.3, -0.25) is 19.4 Å². The maximum absolute atomic E-state index is 12.5. The van der Waals surface area contributed by atoms with Gasteiger partial charge in [-0.25, -0.2) is 0 Å². The first-order valence-electron chi connectivity index (χ1n) is 7.64. The fraction of sp³-hybridized carbons (Fsp3) is 0.500. The number of aryl methyl sites for hydroxylation is 1. The van der Waals surface area contributed by atoms with E-state index in [-0.39, 0.29) is 11.9 Å². The van der Waals surface area contributed by atoms with E-state index in [1.165, 1.54) is 0 Å². The summed E-state index contributed by atoms with van der Waals surface area (Å²) in [4.78, 5) is 20.7. The van der Waals surface area contributed by atoms with Crippen molar-refractivity contribution < 1.29 is 4.79 Å². The smallest absolute Gasteiger partial charge is 0.269 e. The second-order valence-corrected chi connectivity index (χ2v) is 5.70. The number of carbonyl (C=O) groups excluding carboxylic acids is 1. The van der Waals surface area contributed by atoms with Crippen LogP contribution in [0.15, 0.2) is 24.7 Å². The highest BCUT2D eigenvalue weighted by Gasteiger charge is 2.18. The minimum Gasteiger partial charge on any atom is -0.348 e. The summed E-state index contributed by atoms with van der Waals surface area (Å²) in [6.07, 6.45) is 5.66. The van der Waals surface area contributed by atoms with Crippen molar-refractivity contribution in [1.82, 2.24) is 25.1 Å². The van der Waals surface area contributed by atoms with Crippen LogP contribution in [0.4, 0.5) is 0 Å². The Hall–Kier alpha value is -2.24. The lowest BCUT2D eigenvalue weighted by molar-refractivity contribution is 0.0929. The normalized spacial score (nSPS) is 12.4. The molecule has 0 aliphatic heterocycles. The molecule has 0 aliphatic carbocycles. The maximum atomic E-state index is 12.5. The molecular weight excluding hydrogens is 278 g/mol. The van der Waals surface area contributed by atoms with Crippen molar-refractivity contribution in [3.63, 3.8) is 0 Å². The minimum atomic E-state index is -0.0994. The van der Waals surface area contributed by atoms with E-state index >= 15 is 0 Å². The number of nitrogens with zero attached hydrogens (tertiary/aromatic N) is 4. The van der Waals surface area contributed by atoms with Crippen LogP contribution in [0.25, 0.3) is 0 Å². The lowest BCUT2D eigenvalue weighted by Crippen LogP contribution is -2.35. The van der Waals surface area contributed by atoms with Gasteiger partial charge >= 0.3 is 0 Å². The second-order valence-electron chi connectivity index (χ2n) is 5.70. The highest BCUT2D eigenvalue weighted by Crippen LogP contribution is 2.14. The molecule has 2 aromatic rings. The Balaban J connectivity index is 2.05. The molecule has 0 fully saturated rings. The molecule has 22 heavy (non-hydrogen) atoms. The number of carbonyl (C=O) groups is 1. The van der Waals surface area contributed by atoms with E-state index in [2.05, 4.69) is 34.2 Å². The quantitative estimate of drug-likeness (QED) is 0.887. The minimum absolute atomic E-state index is 0.0214. The van der Waals surface area contributed by atoms with Crippen LogP contribution in [0, 0.1) is 0 Å². The predicted octanol–water partition coefficient (Wildman–Crippen LogP) is 2.18. The standard InChI is InChI=1S/C16H23N5O/c1-5-21-15(9-14(20-21)11(2)3)16(22)19-12(4)8-13-10-17-6-7-18-13/h6-7,9-12H,5,8H2,1-4H3,(H,19,22)/t12-/m1/s1. The van der Waals surface area contributed by atoms with E-state index in [1.54, 1.807) is 23.3 Å². The van der Waals surface area contributed by atoms with Gasteiger partial charge in [0.2, 0.25) is 0 Å². The van der Waals surface area contributed by atoms with E-state index in [9.17, 15) is 4.79 Å². The first-order chi connectivity index (χ1) is 10.5. The molecule has 118 valence electrons. The van der Waals surface area contributed by atoms with E-state index < -0.39 is 0 Å². The number of rotatable bonds is 6. The SMILES string of the molecule is CCn1nc(C(C)C)cc1C(=O)N[C@H](C)Cc1cnccn1. The monoisotopic (exact) mass is 301 g/mol. The molecule has 2 rings (SSSR count). The largest absolute Gasteiger partial charge is 0.348 e. The van der Waals surface area contributed by atoms with Crippen molar-refractivity contribution in [3.8, 4) is 0 Å². The summed E-state index contributed by atoms with van der Waals surface area (Å²) < 4.78 is 1.75. The van der Waals surface area contributed by atoms with Crippen LogP contribution in [0.2, 0.25) is 0 Å². The van der Waals surface area contributed by atoms with Crippen LogP contribution in [0.1, 0.15) is 55.5 Å². The Morgan fingerprint density at radius 2 is 2.09 bits per heavy atom. The topological polar surface area (TPSA) is 72.7 Å². The average Bonchev–Trinajstić information content (AvgIpc) is 2.92. The van der Waals surface area contributed by atoms with Crippen molar-refractivity contribution in [1.29, 1.82) is 0 Å². The molecule has 2 heterocycles. The van der Waals surface area contributed by atoms with Gasteiger partial charge in [0.1, 0.15) is 5.69 Å². The van der Waals surface area contributed by atoms with Crippen molar-refractivity contribution in [2.75, 3.05) is 0 Å². The van der Waals surface area contributed by atoms with Crippen molar-refractivity contribution >= 4 is 5.91 Å². The zero-order valence-corrected chi connectivity index (χ0v) is 13.6. The number of aromatic nitrogens is 4. The van der Waals surface area contributed by atoms with Gasteiger partial charge < -0.3 is 5.32 Å². The third-order valence-electron chi connectivity index (χ3n) is 3.43. The number of nitrogens with one attached hydrogen (secondary N) is 1. The molecule has 0 spiro atoms. The molecule has 0 aromatic carbocycles. The third-order valence-corrected chi connectivity index (χ3v) is 3.43. The van der Waals surface area contributed by atoms with Gasteiger partial charge in [0.15, 0.2) is 0 Å². The van der Waals surface area contributed by atoms with Crippen LogP contribution in [0.5, 0.6) is 0 Å². The molecule has 0 unspecified atom stereocenters. The van der Waals surface area contributed by atoms with Gasteiger partial charge in [0.05, 0.1) is 11.4 Å². The fourth-order valence-corrected chi connectivity index (χ4v) is 2.24. The summed E-state index contributed by atoms with van der Waals surface area (Å²) in [7, 11) is 0. The van der Waals surface area contributed by atoms with Crippen LogP contribution in [-0.4, -0.2) is 31.7 Å². The molecular formula is C16H23N5O. The second kappa shape index (κ2) is 7.15. The molecule has 0 radical (unpaired) electrons. The molecule has 6 heteroatoms. The van der Waals surface area contributed by atoms with E-state index in [1.807, 2.05) is 19.9 Å².